The fourth-order valence-corrected chi connectivity index (χ4v) is 1.48. The highest BCUT2D eigenvalue weighted by molar-refractivity contribution is 6.00. The Kier molecular flexibility index (Phi) is 3.01. The largest absolute Gasteiger partial charge is 0.326 e. The van der Waals surface area contributed by atoms with Crippen molar-refractivity contribution in [1.82, 2.24) is 0 Å². The number of hydrogen-bond acceptors (Lipinski definition) is 3. The van der Waals surface area contributed by atoms with Gasteiger partial charge < -0.3 is 11.1 Å². The molecule has 1 aromatic rings. The summed E-state index contributed by atoms with van der Waals surface area (Å²) in [5.74, 6) is 0.0775. The molecule has 0 spiro atoms. The summed E-state index contributed by atoms with van der Waals surface area (Å²) < 4.78 is 0. The first kappa shape index (κ1) is 10.8. The Morgan fingerprint density at radius 1 is 1.38 bits per heavy atom. The minimum atomic E-state index is -0.123. The summed E-state index contributed by atoms with van der Waals surface area (Å²) in [5, 5.41) is 2.79. The third-order valence-electron chi connectivity index (χ3n) is 2.59. The van der Waals surface area contributed by atoms with Gasteiger partial charge in [0.15, 0.2) is 5.78 Å². The maximum absolute atomic E-state index is 11.5. The Hall–Kier alpha value is -1.68. The van der Waals surface area contributed by atoms with Crippen LogP contribution in [0.2, 0.25) is 0 Å². The molecule has 1 aromatic carbocycles. The van der Waals surface area contributed by atoms with E-state index in [2.05, 4.69) is 5.32 Å². The lowest BCUT2D eigenvalue weighted by atomic mass is 10.1. The van der Waals surface area contributed by atoms with E-state index in [-0.39, 0.29) is 24.2 Å². The number of amides is 1. The predicted molar refractivity (Wildman–Crippen MR) is 61.2 cm³/mol. The van der Waals surface area contributed by atoms with Gasteiger partial charge in [-0.25, -0.2) is 0 Å². The molecule has 4 nitrogen and oxygen atoms in total. The van der Waals surface area contributed by atoms with Crippen LogP contribution in [0.15, 0.2) is 24.3 Å². The van der Waals surface area contributed by atoms with E-state index in [9.17, 15) is 9.59 Å². The second kappa shape index (κ2) is 4.45. The smallest absolute Gasteiger partial charge is 0.227 e. The van der Waals surface area contributed by atoms with Crippen molar-refractivity contribution >= 4 is 17.4 Å². The zero-order valence-electron chi connectivity index (χ0n) is 8.90. The number of rotatable bonds is 4. The first-order chi connectivity index (χ1) is 7.70. The Bertz CT molecular complexity index is 425. The van der Waals surface area contributed by atoms with E-state index in [0.717, 1.165) is 12.8 Å². The van der Waals surface area contributed by atoms with E-state index in [1.807, 2.05) is 0 Å². The van der Waals surface area contributed by atoms with E-state index in [1.165, 1.54) is 0 Å². The number of ketones is 1. The van der Waals surface area contributed by atoms with Crippen LogP contribution in [0.1, 0.15) is 23.2 Å². The van der Waals surface area contributed by atoms with Crippen molar-refractivity contribution in [2.75, 3.05) is 11.9 Å². The lowest BCUT2D eigenvalue weighted by molar-refractivity contribution is -0.117. The lowest BCUT2D eigenvalue weighted by Crippen LogP contribution is -2.16. The average molecular weight is 218 g/mol. The minimum absolute atomic E-state index is 0.0139. The van der Waals surface area contributed by atoms with Crippen molar-refractivity contribution in [1.29, 1.82) is 0 Å². The second-order valence-electron chi connectivity index (χ2n) is 3.97. The van der Waals surface area contributed by atoms with E-state index in [4.69, 9.17) is 5.73 Å². The molecule has 0 bridgehead atoms. The van der Waals surface area contributed by atoms with Gasteiger partial charge in [0.1, 0.15) is 0 Å². The van der Waals surface area contributed by atoms with Gasteiger partial charge in [0, 0.05) is 17.2 Å². The monoisotopic (exact) mass is 218 g/mol. The first-order valence-corrected chi connectivity index (χ1v) is 5.35. The van der Waals surface area contributed by atoms with Crippen LogP contribution in [0.4, 0.5) is 5.69 Å². The van der Waals surface area contributed by atoms with Gasteiger partial charge in [-0.15, -0.1) is 0 Å². The second-order valence-corrected chi connectivity index (χ2v) is 3.97. The molecule has 1 saturated carbocycles. The van der Waals surface area contributed by atoms with Crippen LogP contribution >= 0.6 is 0 Å². The van der Waals surface area contributed by atoms with E-state index < -0.39 is 0 Å². The first-order valence-electron chi connectivity index (χ1n) is 5.35. The molecule has 16 heavy (non-hydrogen) atoms. The number of Topliss-reactive ketones (excluding diaryl/α,β-unsaturated/α-hetero) is 1. The fraction of sp³-hybridized carbons (Fsp3) is 0.333. The predicted octanol–water partition coefficient (Wildman–Crippen LogP) is 1.18. The van der Waals surface area contributed by atoms with Gasteiger partial charge in [-0.2, -0.15) is 0 Å². The molecule has 0 aromatic heterocycles. The highest BCUT2D eigenvalue weighted by Gasteiger charge is 2.29. The van der Waals surface area contributed by atoms with Crippen molar-refractivity contribution in [2.45, 2.75) is 12.8 Å². The molecule has 1 aliphatic rings. The summed E-state index contributed by atoms with van der Waals surface area (Å²) in [7, 11) is 0. The summed E-state index contributed by atoms with van der Waals surface area (Å²) in [5.41, 5.74) is 6.48. The van der Waals surface area contributed by atoms with Crippen LogP contribution in [-0.2, 0) is 4.79 Å². The Morgan fingerprint density at radius 2 is 2.12 bits per heavy atom. The topological polar surface area (TPSA) is 72.2 Å². The van der Waals surface area contributed by atoms with E-state index >= 15 is 0 Å². The van der Waals surface area contributed by atoms with Gasteiger partial charge >= 0.3 is 0 Å². The molecular formula is C12H14N2O2. The molecule has 1 aliphatic carbocycles. The normalized spacial score (nSPS) is 14.6. The standard InChI is InChI=1S/C12H14N2O2/c13-7-11(15)9-2-1-3-10(6-9)14-12(16)8-4-5-8/h1-3,6,8H,4-5,7,13H2,(H,14,16). The quantitative estimate of drug-likeness (QED) is 0.745. The molecule has 1 fully saturated rings. The average Bonchev–Trinajstić information content (AvgIpc) is 3.12. The van der Waals surface area contributed by atoms with Crippen molar-refractivity contribution in [3.8, 4) is 0 Å². The van der Waals surface area contributed by atoms with Gasteiger partial charge in [-0.05, 0) is 25.0 Å². The summed E-state index contributed by atoms with van der Waals surface area (Å²) in [6.07, 6.45) is 1.93. The zero-order valence-corrected chi connectivity index (χ0v) is 8.90. The summed E-state index contributed by atoms with van der Waals surface area (Å²) in [6, 6.07) is 6.87. The minimum Gasteiger partial charge on any atom is -0.326 e. The SMILES string of the molecule is NCC(=O)c1cccc(NC(=O)C2CC2)c1. The van der Waals surface area contributed by atoms with Gasteiger partial charge in [0.05, 0.1) is 6.54 Å². The molecule has 0 aliphatic heterocycles. The highest BCUT2D eigenvalue weighted by Crippen LogP contribution is 2.30. The molecule has 84 valence electrons. The maximum atomic E-state index is 11.5. The number of carbonyl (C=O) groups excluding carboxylic acids is 2. The molecule has 4 heteroatoms. The molecule has 0 radical (unpaired) electrons. The fourth-order valence-electron chi connectivity index (χ4n) is 1.48. The number of nitrogens with one attached hydrogen (secondary N) is 1. The molecule has 0 saturated heterocycles. The Balaban J connectivity index is 2.09. The van der Waals surface area contributed by atoms with Crippen LogP contribution in [-0.4, -0.2) is 18.2 Å². The van der Waals surface area contributed by atoms with Crippen LogP contribution < -0.4 is 11.1 Å². The van der Waals surface area contributed by atoms with Crippen LogP contribution in [0.25, 0.3) is 0 Å². The third kappa shape index (κ3) is 2.46. The number of nitrogens with two attached hydrogens (primary N) is 1. The Morgan fingerprint density at radius 3 is 2.75 bits per heavy atom. The van der Waals surface area contributed by atoms with Gasteiger partial charge in [0.25, 0.3) is 0 Å². The molecule has 1 amide bonds. The summed E-state index contributed by atoms with van der Waals surface area (Å²) in [6.45, 7) is -0.0139. The number of anilines is 1. The highest BCUT2D eigenvalue weighted by atomic mass is 16.2. The molecule has 3 N–H and O–H groups in total. The van der Waals surface area contributed by atoms with Crippen LogP contribution in [0, 0.1) is 5.92 Å². The van der Waals surface area contributed by atoms with Gasteiger partial charge in [-0.3, -0.25) is 9.59 Å². The molecule has 0 heterocycles. The van der Waals surface area contributed by atoms with Crippen LogP contribution in [0.5, 0.6) is 0 Å². The van der Waals surface area contributed by atoms with Gasteiger partial charge in [-0.1, -0.05) is 12.1 Å². The van der Waals surface area contributed by atoms with Crippen molar-refractivity contribution in [2.24, 2.45) is 11.7 Å². The lowest BCUT2D eigenvalue weighted by Gasteiger charge is -2.05. The van der Waals surface area contributed by atoms with Crippen molar-refractivity contribution in [3.05, 3.63) is 29.8 Å². The zero-order chi connectivity index (χ0) is 11.5. The number of benzene rings is 1. The van der Waals surface area contributed by atoms with E-state index in [0.29, 0.717) is 11.3 Å². The molecule has 2 rings (SSSR count). The molecule has 0 atom stereocenters. The van der Waals surface area contributed by atoms with Gasteiger partial charge in [0.2, 0.25) is 5.91 Å². The van der Waals surface area contributed by atoms with Crippen molar-refractivity contribution in [3.63, 3.8) is 0 Å². The molecule has 0 unspecified atom stereocenters. The Labute approximate surface area is 93.8 Å². The van der Waals surface area contributed by atoms with Crippen LogP contribution in [0.3, 0.4) is 0 Å². The third-order valence-corrected chi connectivity index (χ3v) is 2.59. The number of hydrogen-bond donors (Lipinski definition) is 2. The number of carbonyl (C=O) groups is 2. The molecular weight excluding hydrogens is 204 g/mol. The summed E-state index contributed by atoms with van der Waals surface area (Å²) >= 11 is 0. The van der Waals surface area contributed by atoms with E-state index in [1.54, 1.807) is 24.3 Å². The summed E-state index contributed by atoms with van der Waals surface area (Å²) in [4.78, 5) is 22.9. The van der Waals surface area contributed by atoms with Crippen molar-refractivity contribution < 1.29 is 9.59 Å². The maximum Gasteiger partial charge on any atom is 0.227 e.